The highest BCUT2D eigenvalue weighted by atomic mass is 16.5. The summed E-state index contributed by atoms with van der Waals surface area (Å²) >= 11 is 0. The van der Waals surface area contributed by atoms with E-state index in [1.807, 2.05) is 0 Å². The molecule has 24 heavy (non-hydrogen) atoms. The van der Waals surface area contributed by atoms with Gasteiger partial charge in [-0.2, -0.15) is 9.59 Å². The van der Waals surface area contributed by atoms with Crippen molar-refractivity contribution in [1.29, 1.82) is 0 Å². The van der Waals surface area contributed by atoms with Gasteiger partial charge in [-0.25, -0.2) is 0 Å². The van der Waals surface area contributed by atoms with Gasteiger partial charge < -0.3 is 25.4 Å². The van der Waals surface area contributed by atoms with Crippen LogP contribution in [0.4, 0.5) is 0 Å². The molecule has 0 radical (unpaired) electrons. The van der Waals surface area contributed by atoms with Crippen molar-refractivity contribution in [3.63, 3.8) is 0 Å². The summed E-state index contributed by atoms with van der Waals surface area (Å²) in [6, 6.07) is 0.229. The van der Waals surface area contributed by atoms with Crippen molar-refractivity contribution in [2.45, 2.75) is 38.0 Å². The minimum Gasteiger partial charge on any atom is -0.427 e. The Kier molecular flexibility index (Phi) is 15.2. The van der Waals surface area contributed by atoms with Gasteiger partial charge in [0.1, 0.15) is 0 Å². The van der Waals surface area contributed by atoms with Crippen molar-refractivity contribution in [3.05, 3.63) is 0 Å². The van der Waals surface area contributed by atoms with Gasteiger partial charge in [0.25, 0.3) is 0 Å². The van der Waals surface area contributed by atoms with E-state index in [2.05, 4.69) is 9.80 Å². The number of methoxy groups -OCH3 is 1. The third-order valence-corrected chi connectivity index (χ3v) is 4.18. The van der Waals surface area contributed by atoms with Gasteiger partial charge in [0.2, 0.25) is 0 Å². The number of unbranched alkanes of at least 4 members (excludes halogenated alkanes) is 1. The molecule has 1 atom stereocenters. The molecule has 1 fully saturated rings. The molecule has 1 unspecified atom stereocenters. The Labute approximate surface area is 145 Å². The van der Waals surface area contributed by atoms with Crippen LogP contribution in [-0.2, 0) is 14.3 Å². The molecule has 1 rings (SSSR count). The van der Waals surface area contributed by atoms with E-state index in [-0.39, 0.29) is 12.2 Å². The second kappa shape index (κ2) is 15.7. The van der Waals surface area contributed by atoms with Crippen LogP contribution in [0, 0.1) is 0 Å². The molecular formula is C15H32BN3O5. The molecule has 1 heterocycles. The molecule has 1 saturated heterocycles. The first-order valence-electron chi connectivity index (χ1n) is 8.58. The Morgan fingerprint density at radius 2 is 1.62 bits per heavy atom. The number of nitrogens with two attached hydrogens (primary N) is 1. The van der Waals surface area contributed by atoms with Crippen molar-refractivity contribution >= 4 is 13.3 Å². The number of hydrogen-bond donors (Lipinski definition) is 3. The number of piperazine rings is 1. The third-order valence-electron chi connectivity index (χ3n) is 4.18. The van der Waals surface area contributed by atoms with Gasteiger partial charge in [0.15, 0.2) is 0 Å². The number of hydrogen-bond acceptors (Lipinski definition) is 8. The fraction of sp³-hybridized carbons (Fsp3) is 0.933. The predicted octanol–water partition coefficient (Wildman–Crippen LogP) is -0.973. The quantitative estimate of drug-likeness (QED) is 0.323. The topological polar surface area (TPSA) is 116 Å². The minimum atomic E-state index is -1.17. The summed E-state index contributed by atoms with van der Waals surface area (Å²) in [5, 5.41) is 17.5. The highest BCUT2D eigenvalue weighted by Gasteiger charge is 2.17. The van der Waals surface area contributed by atoms with Gasteiger partial charge in [0, 0.05) is 45.9 Å². The normalized spacial score (nSPS) is 16.8. The van der Waals surface area contributed by atoms with Crippen molar-refractivity contribution in [2.75, 3.05) is 53.0 Å². The number of ether oxygens (including phenoxy) is 1. The Balaban J connectivity index is 0.00000163. The van der Waals surface area contributed by atoms with E-state index in [0.717, 1.165) is 71.6 Å². The fourth-order valence-corrected chi connectivity index (χ4v) is 2.68. The fourth-order valence-electron chi connectivity index (χ4n) is 2.68. The number of nitrogens with zero attached hydrogens (tertiary/aromatic N) is 2. The molecule has 0 spiro atoms. The molecular weight excluding hydrogens is 313 g/mol. The first-order valence-corrected chi connectivity index (χ1v) is 8.58. The molecule has 140 valence electrons. The SMILES string of the molecule is COCCN1CCN(CCC(N)CCCCB(O)O)CC1.O=C=O. The highest BCUT2D eigenvalue weighted by molar-refractivity contribution is 6.40. The van der Waals surface area contributed by atoms with Crippen LogP contribution in [0.15, 0.2) is 0 Å². The lowest BCUT2D eigenvalue weighted by Gasteiger charge is -2.35. The summed E-state index contributed by atoms with van der Waals surface area (Å²) in [6.07, 6.45) is 4.52. The lowest BCUT2D eigenvalue weighted by Crippen LogP contribution is -2.48. The van der Waals surface area contributed by atoms with Crippen LogP contribution in [0.25, 0.3) is 0 Å². The molecule has 4 N–H and O–H groups in total. The molecule has 0 amide bonds. The average Bonchev–Trinajstić information content (AvgIpc) is 2.56. The molecule has 0 aromatic heterocycles. The van der Waals surface area contributed by atoms with Crippen molar-refractivity contribution < 1.29 is 24.4 Å². The molecule has 0 aromatic carbocycles. The molecule has 8 nitrogen and oxygen atoms in total. The van der Waals surface area contributed by atoms with Crippen LogP contribution >= 0.6 is 0 Å². The van der Waals surface area contributed by atoms with Crippen molar-refractivity contribution in [2.24, 2.45) is 5.73 Å². The molecule has 1 aliphatic rings. The maximum atomic E-state index is 8.77. The summed E-state index contributed by atoms with van der Waals surface area (Å²) in [6.45, 7) is 7.39. The van der Waals surface area contributed by atoms with Gasteiger partial charge >= 0.3 is 13.3 Å². The van der Waals surface area contributed by atoms with Crippen molar-refractivity contribution in [1.82, 2.24) is 9.80 Å². The van der Waals surface area contributed by atoms with Crippen molar-refractivity contribution in [3.8, 4) is 0 Å². The van der Waals surface area contributed by atoms with Gasteiger partial charge in [0.05, 0.1) is 6.61 Å². The average molecular weight is 345 g/mol. The van der Waals surface area contributed by atoms with E-state index in [4.69, 9.17) is 30.1 Å². The first-order chi connectivity index (χ1) is 11.5. The molecule has 9 heteroatoms. The van der Waals surface area contributed by atoms with E-state index in [0.29, 0.717) is 6.32 Å². The second-order valence-electron chi connectivity index (χ2n) is 6.07. The Morgan fingerprint density at radius 3 is 2.12 bits per heavy atom. The van der Waals surface area contributed by atoms with E-state index < -0.39 is 7.12 Å². The Hall–Kier alpha value is -0.795. The predicted molar refractivity (Wildman–Crippen MR) is 91.2 cm³/mol. The Bertz CT molecular complexity index is 322. The van der Waals surface area contributed by atoms with Crippen LogP contribution in [0.3, 0.4) is 0 Å². The summed E-state index contributed by atoms with van der Waals surface area (Å²) in [5.74, 6) is 0. The monoisotopic (exact) mass is 345 g/mol. The number of carbonyl (C=O) groups excluding carboxylic acids is 2. The maximum Gasteiger partial charge on any atom is 0.451 e. The second-order valence-corrected chi connectivity index (χ2v) is 6.07. The zero-order chi connectivity index (χ0) is 18.2. The Morgan fingerprint density at radius 1 is 1.08 bits per heavy atom. The molecule has 0 bridgehead atoms. The molecule has 1 aliphatic heterocycles. The third kappa shape index (κ3) is 13.6. The van der Waals surface area contributed by atoms with E-state index in [1.165, 1.54) is 0 Å². The first kappa shape index (κ1) is 23.2. The standard InChI is InChI=1S/C14H32BN3O3.CO2/c1-21-13-12-18-10-8-17(9-11-18)7-5-14(16)4-2-3-6-15(19)20;2-1-3/h14,19-20H,2-13,16H2,1H3;. The van der Waals surface area contributed by atoms with Crippen LogP contribution in [0.2, 0.25) is 6.32 Å². The van der Waals surface area contributed by atoms with E-state index in [9.17, 15) is 0 Å². The van der Waals surface area contributed by atoms with Crippen LogP contribution in [0.1, 0.15) is 25.7 Å². The van der Waals surface area contributed by atoms with Crippen LogP contribution in [0.5, 0.6) is 0 Å². The molecule has 0 aliphatic carbocycles. The van der Waals surface area contributed by atoms with Gasteiger partial charge in [-0.15, -0.1) is 0 Å². The van der Waals surface area contributed by atoms with Crippen LogP contribution in [-0.4, -0.2) is 92.1 Å². The smallest absolute Gasteiger partial charge is 0.427 e. The molecule has 0 saturated carbocycles. The van der Waals surface area contributed by atoms with Crippen LogP contribution < -0.4 is 5.73 Å². The van der Waals surface area contributed by atoms with Gasteiger partial charge in [-0.1, -0.05) is 12.8 Å². The van der Waals surface area contributed by atoms with E-state index >= 15 is 0 Å². The van der Waals surface area contributed by atoms with E-state index in [1.54, 1.807) is 7.11 Å². The minimum absolute atomic E-state index is 0.229. The lowest BCUT2D eigenvalue weighted by molar-refractivity contribution is -0.191. The largest absolute Gasteiger partial charge is 0.451 e. The summed E-state index contributed by atoms with van der Waals surface area (Å²) in [4.78, 5) is 21.2. The van der Waals surface area contributed by atoms with Gasteiger partial charge in [-0.05, 0) is 25.7 Å². The zero-order valence-electron chi connectivity index (χ0n) is 14.7. The summed E-state index contributed by atoms with van der Waals surface area (Å²) < 4.78 is 5.11. The zero-order valence-corrected chi connectivity index (χ0v) is 14.7. The summed E-state index contributed by atoms with van der Waals surface area (Å²) in [7, 11) is 0.578. The molecule has 0 aromatic rings. The van der Waals surface area contributed by atoms with Gasteiger partial charge in [-0.3, -0.25) is 4.90 Å². The maximum absolute atomic E-state index is 8.77. The number of rotatable bonds is 11. The summed E-state index contributed by atoms with van der Waals surface area (Å²) in [5.41, 5.74) is 6.12. The lowest BCUT2D eigenvalue weighted by atomic mass is 9.83. The highest BCUT2D eigenvalue weighted by Crippen LogP contribution is 2.08.